The molecule has 6 nitrogen and oxygen atoms in total. The largest absolute Gasteiger partial charge is 0.394 e. The van der Waals surface area contributed by atoms with Gasteiger partial charge in [0.2, 0.25) is 0 Å². The topological polar surface area (TPSA) is 70.4 Å². The van der Waals surface area contributed by atoms with E-state index in [0.29, 0.717) is 12.4 Å². The maximum absolute atomic E-state index is 12.6. The van der Waals surface area contributed by atoms with Gasteiger partial charge in [-0.05, 0) is 26.7 Å². The fourth-order valence-corrected chi connectivity index (χ4v) is 3.11. The first-order valence-electron chi connectivity index (χ1n) is 8.43. The summed E-state index contributed by atoms with van der Waals surface area (Å²) >= 11 is 0. The number of aliphatic hydroxyl groups excluding tert-OH is 1. The highest BCUT2D eigenvalue weighted by Gasteiger charge is 2.28. The van der Waals surface area contributed by atoms with E-state index < -0.39 is 0 Å². The van der Waals surface area contributed by atoms with Crippen LogP contribution < -0.4 is 5.32 Å². The monoisotopic (exact) mass is 328 g/mol. The summed E-state index contributed by atoms with van der Waals surface area (Å²) < 4.78 is 1.82. The summed E-state index contributed by atoms with van der Waals surface area (Å²) in [4.78, 5) is 14.3. The number of aromatic nitrogens is 2. The van der Waals surface area contributed by atoms with Gasteiger partial charge in [0.1, 0.15) is 5.82 Å². The third kappa shape index (κ3) is 3.28. The van der Waals surface area contributed by atoms with Crippen molar-refractivity contribution in [2.24, 2.45) is 0 Å². The molecule has 0 aliphatic carbocycles. The van der Waals surface area contributed by atoms with Gasteiger partial charge in [-0.1, -0.05) is 30.3 Å². The Morgan fingerprint density at radius 2 is 2.12 bits per heavy atom. The Morgan fingerprint density at radius 3 is 2.79 bits per heavy atom. The van der Waals surface area contributed by atoms with E-state index in [1.54, 1.807) is 4.90 Å². The van der Waals surface area contributed by atoms with Gasteiger partial charge in [0, 0.05) is 24.2 Å². The van der Waals surface area contributed by atoms with Crippen LogP contribution in [0.4, 0.5) is 10.6 Å². The second-order valence-electron chi connectivity index (χ2n) is 6.42. The van der Waals surface area contributed by atoms with Crippen molar-refractivity contribution in [3.05, 3.63) is 36.4 Å². The minimum Gasteiger partial charge on any atom is -0.394 e. The third-order valence-corrected chi connectivity index (χ3v) is 4.38. The number of anilines is 1. The van der Waals surface area contributed by atoms with Crippen LogP contribution in [0.2, 0.25) is 0 Å². The smallest absolute Gasteiger partial charge is 0.323 e. The zero-order valence-corrected chi connectivity index (χ0v) is 14.1. The number of carbonyl (C=O) groups excluding carboxylic acids is 1. The number of aliphatic hydroxyl groups is 1. The molecule has 3 rings (SSSR count). The number of likely N-dealkylation sites (tertiary alicyclic amines) is 1. The van der Waals surface area contributed by atoms with Crippen LogP contribution in [0.5, 0.6) is 0 Å². The van der Waals surface area contributed by atoms with Crippen LogP contribution in [0, 0.1) is 0 Å². The lowest BCUT2D eigenvalue weighted by molar-refractivity contribution is 0.166. The van der Waals surface area contributed by atoms with E-state index >= 15 is 0 Å². The first-order chi connectivity index (χ1) is 11.6. The van der Waals surface area contributed by atoms with Gasteiger partial charge >= 0.3 is 6.03 Å². The minimum absolute atomic E-state index is 0.00608. The molecule has 0 radical (unpaired) electrons. The second kappa shape index (κ2) is 7.05. The number of nitrogens with one attached hydrogen (secondary N) is 1. The van der Waals surface area contributed by atoms with Crippen LogP contribution in [0.15, 0.2) is 36.4 Å². The van der Waals surface area contributed by atoms with Crippen molar-refractivity contribution in [2.75, 3.05) is 18.5 Å². The number of urea groups is 1. The second-order valence-corrected chi connectivity index (χ2v) is 6.42. The number of benzene rings is 1. The average Bonchev–Trinajstić information content (AvgIpc) is 3.22. The van der Waals surface area contributed by atoms with Gasteiger partial charge in [0.15, 0.2) is 0 Å². The number of hydrogen-bond donors (Lipinski definition) is 2. The van der Waals surface area contributed by atoms with Crippen molar-refractivity contribution in [2.45, 2.75) is 38.8 Å². The molecule has 2 aromatic rings. The maximum atomic E-state index is 12.6. The Labute approximate surface area is 142 Å². The number of hydrogen-bond acceptors (Lipinski definition) is 3. The molecule has 2 heterocycles. The van der Waals surface area contributed by atoms with Crippen molar-refractivity contribution < 1.29 is 9.90 Å². The van der Waals surface area contributed by atoms with Gasteiger partial charge < -0.3 is 10.0 Å². The summed E-state index contributed by atoms with van der Waals surface area (Å²) in [5.74, 6) is 0.678. The zero-order chi connectivity index (χ0) is 17.1. The highest BCUT2D eigenvalue weighted by atomic mass is 16.3. The van der Waals surface area contributed by atoms with E-state index in [4.69, 9.17) is 0 Å². The van der Waals surface area contributed by atoms with Gasteiger partial charge in [0.25, 0.3) is 0 Å². The zero-order valence-electron chi connectivity index (χ0n) is 14.1. The number of rotatable bonds is 4. The van der Waals surface area contributed by atoms with Crippen LogP contribution in [0.25, 0.3) is 11.3 Å². The quantitative estimate of drug-likeness (QED) is 0.906. The molecule has 0 saturated carbocycles. The Bertz CT molecular complexity index is 696. The Balaban J connectivity index is 1.84. The van der Waals surface area contributed by atoms with Gasteiger partial charge in [0.05, 0.1) is 18.3 Å². The van der Waals surface area contributed by atoms with Crippen LogP contribution in [0.3, 0.4) is 0 Å². The van der Waals surface area contributed by atoms with Gasteiger partial charge in [-0.3, -0.25) is 5.32 Å². The molecule has 0 unspecified atom stereocenters. The number of carbonyl (C=O) groups is 1. The van der Waals surface area contributed by atoms with E-state index in [0.717, 1.165) is 24.1 Å². The van der Waals surface area contributed by atoms with E-state index in [1.807, 2.05) is 54.9 Å². The molecular weight excluding hydrogens is 304 g/mol. The molecule has 6 heteroatoms. The molecule has 2 amide bonds. The molecule has 24 heavy (non-hydrogen) atoms. The maximum Gasteiger partial charge on any atom is 0.323 e. The summed E-state index contributed by atoms with van der Waals surface area (Å²) in [6.07, 6.45) is 1.78. The van der Waals surface area contributed by atoms with Crippen LogP contribution in [-0.2, 0) is 0 Å². The first-order valence-corrected chi connectivity index (χ1v) is 8.43. The fourth-order valence-electron chi connectivity index (χ4n) is 3.11. The van der Waals surface area contributed by atoms with Crippen molar-refractivity contribution in [1.82, 2.24) is 14.7 Å². The molecule has 1 fully saturated rings. The molecule has 0 bridgehead atoms. The van der Waals surface area contributed by atoms with E-state index in [2.05, 4.69) is 10.4 Å². The Morgan fingerprint density at radius 1 is 1.38 bits per heavy atom. The fraction of sp³-hybridized carbons (Fsp3) is 0.444. The van der Waals surface area contributed by atoms with Gasteiger partial charge in [-0.2, -0.15) is 5.10 Å². The Kier molecular flexibility index (Phi) is 4.85. The Hall–Kier alpha value is -2.34. The molecule has 128 valence electrons. The minimum atomic E-state index is -0.173. The van der Waals surface area contributed by atoms with Crippen LogP contribution in [-0.4, -0.2) is 45.0 Å². The lowest BCUT2D eigenvalue weighted by Gasteiger charge is -2.23. The summed E-state index contributed by atoms with van der Waals surface area (Å²) in [7, 11) is 0. The number of nitrogens with zero attached hydrogens (tertiary/aromatic N) is 3. The molecule has 1 aromatic heterocycles. The number of amides is 2. The predicted molar refractivity (Wildman–Crippen MR) is 93.9 cm³/mol. The highest BCUT2D eigenvalue weighted by molar-refractivity contribution is 5.89. The summed E-state index contributed by atoms with van der Waals surface area (Å²) in [6, 6.07) is 11.7. The van der Waals surface area contributed by atoms with E-state index in [9.17, 15) is 9.90 Å². The molecular formula is C18H24N4O2. The molecule has 1 saturated heterocycles. The summed E-state index contributed by atoms with van der Waals surface area (Å²) in [6.45, 7) is 4.75. The summed E-state index contributed by atoms with van der Waals surface area (Å²) in [5.41, 5.74) is 1.85. The van der Waals surface area contributed by atoms with Crippen molar-refractivity contribution in [1.29, 1.82) is 0 Å². The average molecular weight is 328 g/mol. The summed E-state index contributed by atoms with van der Waals surface area (Å²) in [5, 5.41) is 17.0. The highest BCUT2D eigenvalue weighted by Crippen LogP contribution is 2.25. The molecule has 1 aliphatic rings. The first kappa shape index (κ1) is 16.5. The van der Waals surface area contributed by atoms with Crippen molar-refractivity contribution in [3.63, 3.8) is 0 Å². The molecule has 0 spiro atoms. The molecule has 1 aliphatic heterocycles. The molecule has 2 N–H and O–H groups in total. The molecule has 1 aromatic carbocycles. The SMILES string of the molecule is CC(C)n1nc(-c2ccccc2)cc1NC(=O)N1CCC[C@H]1CO. The normalized spacial score (nSPS) is 17.5. The standard InChI is InChI=1S/C18H24N4O2/c1-13(2)22-17(11-16(20-22)14-7-4-3-5-8-14)19-18(24)21-10-6-9-15(21)12-23/h3-5,7-8,11,13,15,23H,6,9-10,12H2,1-2H3,(H,19,24)/t15-/m0/s1. The van der Waals surface area contributed by atoms with Gasteiger partial charge in [-0.15, -0.1) is 0 Å². The third-order valence-electron chi connectivity index (χ3n) is 4.38. The lowest BCUT2D eigenvalue weighted by atomic mass is 10.2. The van der Waals surface area contributed by atoms with Crippen LogP contribution in [0.1, 0.15) is 32.7 Å². The van der Waals surface area contributed by atoms with Gasteiger partial charge in [-0.25, -0.2) is 9.48 Å². The molecule has 1 atom stereocenters. The van der Waals surface area contributed by atoms with Crippen molar-refractivity contribution in [3.8, 4) is 11.3 Å². The van der Waals surface area contributed by atoms with E-state index in [-0.39, 0.29) is 24.7 Å². The lowest BCUT2D eigenvalue weighted by Crippen LogP contribution is -2.40. The predicted octanol–water partition coefficient (Wildman–Crippen LogP) is 3.12. The van der Waals surface area contributed by atoms with Crippen molar-refractivity contribution >= 4 is 11.8 Å². The van der Waals surface area contributed by atoms with E-state index in [1.165, 1.54) is 0 Å². The van der Waals surface area contributed by atoms with Crippen LogP contribution >= 0.6 is 0 Å².